The first-order valence-corrected chi connectivity index (χ1v) is 7.91. The van der Waals surface area contributed by atoms with Crippen molar-refractivity contribution in [3.05, 3.63) is 42.2 Å². The number of benzene rings is 1. The van der Waals surface area contributed by atoms with Crippen LogP contribution >= 0.6 is 0 Å². The van der Waals surface area contributed by atoms with Gasteiger partial charge in [0.25, 0.3) is 0 Å². The highest BCUT2D eigenvalue weighted by Crippen LogP contribution is 2.20. The Hall–Kier alpha value is -1.94. The van der Waals surface area contributed by atoms with Gasteiger partial charge in [0.05, 0.1) is 19.0 Å². The molecule has 1 aliphatic heterocycles. The minimum atomic E-state index is 0.646. The molecule has 2 heterocycles. The average molecular weight is 297 g/mol. The van der Waals surface area contributed by atoms with Crippen molar-refractivity contribution in [1.29, 1.82) is 0 Å². The number of likely N-dealkylation sites (tertiary alicyclic amines) is 1. The van der Waals surface area contributed by atoms with Crippen molar-refractivity contribution in [2.75, 3.05) is 26.7 Å². The number of rotatable bonds is 4. The summed E-state index contributed by atoms with van der Waals surface area (Å²) in [6.07, 6.45) is 5.97. The van der Waals surface area contributed by atoms with Crippen molar-refractivity contribution in [2.45, 2.75) is 19.8 Å². The number of hydrogen-bond acceptors (Lipinski definition) is 4. The minimum absolute atomic E-state index is 0.646. The molecule has 1 aromatic carbocycles. The maximum Gasteiger partial charge on any atom is 0.159 e. The second-order valence-electron chi connectivity index (χ2n) is 6.17. The van der Waals surface area contributed by atoms with Gasteiger partial charge in [0, 0.05) is 5.56 Å². The number of piperidine rings is 1. The maximum absolute atomic E-state index is 5.85. The first-order valence-electron chi connectivity index (χ1n) is 7.91. The molecule has 0 bridgehead atoms. The van der Waals surface area contributed by atoms with Crippen molar-refractivity contribution in [2.24, 2.45) is 5.92 Å². The molecule has 3 rings (SSSR count). The maximum atomic E-state index is 5.85. The standard InChI is InChI=1S/C18H23N3O/c1-14-4-3-5-16(10-14)18-19-11-17(12-20-18)22-13-15-6-8-21(2)9-7-15/h3-5,10-12,15H,6-9,13H2,1-2H3. The van der Waals surface area contributed by atoms with E-state index in [1.165, 1.54) is 18.4 Å². The van der Waals surface area contributed by atoms with Crippen LogP contribution in [0.2, 0.25) is 0 Å². The van der Waals surface area contributed by atoms with Crippen LogP contribution in [-0.2, 0) is 0 Å². The van der Waals surface area contributed by atoms with Gasteiger partial charge < -0.3 is 9.64 Å². The van der Waals surface area contributed by atoms with Crippen molar-refractivity contribution >= 4 is 0 Å². The molecular weight excluding hydrogens is 274 g/mol. The zero-order valence-corrected chi connectivity index (χ0v) is 13.3. The van der Waals surface area contributed by atoms with Gasteiger partial charge in [-0.3, -0.25) is 0 Å². The molecule has 4 heteroatoms. The quantitative estimate of drug-likeness (QED) is 0.869. The third-order valence-electron chi connectivity index (χ3n) is 4.23. The van der Waals surface area contributed by atoms with Crippen LogP contribution in [0.4, 0.5) is 0 Å². The molecule has 0 aliphatic carbocycles. The Morgan fingerprint density at radius 3 is 2.59 bits per heavy atom. The molecule has 0 saturated carbocycles. The highest BCUT2D eigenvalue weighted by molar-refractivity contribution is 5.55. The van der Waals surface area contributed by atoms with Crippen LogP contribution in [0, 0.1) is 12.8 Å². The van der Waals surface area contributed by atoms with E-state index in [-0.39, 0.29) is 0 Å². The van der Waals surface area contributed by atoms with E-state index in [1.807, 2.05) is 12.1 Å². The lowest BCUT2D eigenvalue weighted by atomic mass is 9.98. The molecule has 2 aromatic rings. The molecular formula is C18H23N3O. The van der Waals surface area contributed by atoms with E-state index >= 15 is 0 Å². The summed E-state index contributed by atoms with van der Waals surface area (Å²) >= 11 is 0. The monoisotopic (exact) mass is 297 g/mol. The lowest BCUT2D eigenvalue weighted by Crippen LogP contribution is -2.32. The zero-order valence-electron chi connectivity index (χ0n) is 13.3. The summed E-state index contributed by atoms with van der Waals surface area (Å²) in [7, 11) is 2.18. The van der Waals surface area contributed by atoms with E-state index in [1.54, 1.807) is 12.4 Å². The Balaban J connectivity index is 1.57. The van der Waals surface area contributed by atoms with Crippen molar-refractivity contribution in [3.63, 3.8) is 0 Å². The summed E-state index contributed by atoms with van der Waals surface area (Å²) in [4.78, 5) is 11.2. The molecule has 4 nitrogen and oxygen atoms in total. The largest absolute Gasteiger partial charge is 0.490 e. The predicted molar refractivity (Wildman–Crippen MR) is 87.9 cm³/mol. The Bertz CT molecular complexity index is 604. The van der Waals surface area contributed by atoms with Gasteiger partial charge in [-0.15, -0.1) is 0 Å². The average Bonchev–Trinajstić information content (AvgIpc) is 2.55. The van der Waals surface area contributed by atoms with Gasteiger partial charge in [0.1, 0.15) is 0 Å². The van der Waals surface area contributed by atoms with Crippen LogP contribution in [0.15, 0.2) is 36.7 Å². The van der Waals surface area contributed by atoms with Gasteiger partial charge in [-0.2, -0.15) is 0 Å². The smallest absolute Gasteiger partial charge is 0.159 e. The summed E-state index contributed by atoms with van der Waals surface area (Å²) in [5.41, 5.74) is 2.26. The van der Waals surface area contributed by atoms with E-state index in [9.17, 15) is 0 Å². The van der Waals surface area contributed by atoms with Gasteiger partial charge >= 0.3 is 0 Å². The topological polar surface area (TPSA) is 38.2 Å². The molecule has 1 saturated heterocycles. The molecule has 0 unspecified atom stereocenters. The molecule has 0 radical (unpaired) electrons. The fraction of sp³-hybridized carbons (Fsp3) is 0.444. The van der Waals surface area contributed by atoms with Crippen LogP contribution < -0.4 is 4.74 Å². The highest BCUT2D eigenvalue weighted by Gasteiger charge is 2.17. The lowest BCUT2D eigenvalue weighted by molar-refractivity contribution is 0.159. The number of aryl methyl sites for hydroxylation is 1. The number of nitrogens with zero attached hydrogens (tertiary/aromatic N) is 3. The summed E-state index contributed by atoms with van der Waals surface area (Å²) in [6.45, 7) is 5.16. The molecule has 1 fully saturated rings. The van der Waals surface area contributed by atoms with Gasteiger partial charge in [-0.25, -0.2) is 9.97 Å². The molecule has 0 spiro atoms. The number of hydrogen-bond donors (Lipinski definition) is 0. The summed E-state index contributed by atoms with van der Waals surface area (Å²) in [5, 5.41) is 0. The third kappa shape index (κ3) is 3.83. The van der Waals surface area contributed by atoms with E-state index < -0.39 is 0 Å². The normalized spacial score (nSPS) is 16.6. The molecule has 1 aromatic heterocycles. The van der Waals surface area contributed by atoms with Crippen molar-refractivity contribution in [1.82, 2.24) is 14.9 Å². The molecule has 116 valence electrons. The number of ether oxygens (including phenoxy) is 1. The van der Waals surface area contributed by atoms with E-state index in [0.717, 1.165) is 36.8 Å². The van der Waals surface area contributed by atoms with E-state index in [2.05, 4.69) is 41.0 Å². The predicted octanol–water partition coefficient (Wildman–Crippen LogP) is 3.17. The molecule has 22 heavy (non-hydrogen) atoms. The van der Waals surface area contributed by atoms with Gasteiger partial charge in [-0.05, 0) is 51.9 Å². The second-order valence-corrected chi connectivity index (χ2v) is 6.17. The first kappa shape index (κ1) is 15.0. The second kappa shape index (κ2) is 6.88. The molecule has 0 N–H and O–H groups in total. The van der Waals surface area contributed by atoms with Crippen molar-refractivity contribution < 1.29 is 4.74 Å². The van der Waals surface area contributed by atoms with Crippen LogP contribution in [0.1, 0.15) is 18.4 Å². The summed E-state index contributed by atoms with van der Waals surface area (Å²) < 4.78 is 5.85. The van der Waals surface area contributed by atoms with E-state index in [0.29, 0.717) is 5.92 Å². The van der Waals surface area contributed by atoms with Crippen LogP contribution in [0.3, 0.4) is 0 Å². The zero-order chi connectivity index (χ0) is 15.4. The fourth-order valence-electron chi connectivity index (χ4n) is 2.77. The van der Waals surface area contributed by atoms with Crippen LogP contribution in [0.25, 0.3) is 11.4 Å². The Labute approximate surface area is 132 Å². The van der Waals surface area contributed by atoms with Gasteiger partial charge in [-0.1, -0.05) is 23.8 Å². The first-order chi connectivity index (χ1) is 10.7. The fourth-order valence-corrected chi connectivity index (χ4v) is 2.77. The highest BCUT2D eigenvalue weighted by atomic mass is 16.5. The SMILES string of the molecule is Cc1cccc(-c2ncc(OCC3CCN(C)CC3)cn2)c1. The Kier molecular flexibility index (Phi) is 4.68. The Morgan fingerprint density at radius 1 is 1.18 bits per heavy atom. The van der Waals surface area contributed by atoms with E-state index in [4.69, 9.17) is 4.74 Å². The van der Waals surface area contributed by atoms with Gasteiger partial charge in [0.2, 0.25) is 0 Å². The minimum Gasteiger partial charge on any atom is -0.490 e. The van der Waals surface area contributed by atoms with Crippen LogP contribution in [0.5, 0.6) is 5.75 Å². The molecule has 0 atom stereocenters. The van der Waals surface area contributed by atoms with Gasteiger partial charge in [0.15, 0.2) is 11.6 Å². The summed E-state index contributed by atoms with van der Waals surface area (Å²) in [5.74, 6) is 2.15. The molecule has 0 amide bonds. The Morgan fingerprint density at radius 2 is 1.91 bits per heavy atom. The lowest BCUT2D eigenvalue weighted by Gasteiger charge is -2.28. The number of aromatic nitrogens is 2. The summed E-state index contributed by atoms with van der Waals surface area (Å²) in [6, 6.07) is 8.22. The van der Waals surface area contributed by atoms with Crippen molar-refractivity contribution in [3.8, 4) is 17.1 Å². The molecule has 1 aliphatic rings. The van der Waals surface area contributed by atoms with Crippen LogP contribution in [-0.4, -0.2) is 41.6 Å². The third-order valence-corrected chi connectivity index (χ3v) is 4.23.